The molecule has 0 heterocycles. The Morgan fingerprint density at radius 3 is 2.45 bits per heavy atom. The first-order chi connectivity index (χ1) is 5.06. The molecule has 0 bridgehead atoms. The van der Waals surface area contributed by atoms with Crippen LogP contribution < -0.4 is 0 Å². The second-order valence-corrected chi connectivity index (χ2v) is 2.91. The van der Waals surface area contributed by atoms with E-state index in [0.29, 0.717) is 6.42 Å². The van der Waals surface area contributed by atoms with E-state index in [2.05, 4.69) is 12.3 Å². The molecule has 0 aromatic carbocycles. The van der Waals surface area contributed by atoms with Gasteiger partial charge in [0.2, 0.25) is 0 Å². The summed E-state index contributed by atoms with van der Waals surface area (Å²) in [5.41, 5.74) is 5.34. The summed E-state index contributed by atoms with van der Waals surface area (Å²) in [4.78, 5) is 0. The first kappa shape index (κ1) is 10.2. The Bertz CT molecular complexity index is 191. The molecule has 0 aromatic rings. The zero-order chi connectivity index (χ0) is 8.85. The van der Waals surface area contributed by atoms with Gasteiger partial charge in [0.1, 0.15) is 0 Å². The fourth-order valence-electron chi connectivity index (χ4n) is 0.875. The van der Waals surface area contributed by atoms with Gasteiger partial charge in [0.15, 0.2) is 0 Å². The third-order valence-corrected chi connectivity index (χ3v) is 1.25. The molecular formula is C10H16O. The molecule has 1 unspecified atom stereocenters. The molecule has 0 saturated heterocycles. The summed E-state index contributed by atoms with van der Waals surface area (Å²) in [5.74, 6) is 0. The quantitative estimate of drug-likeness (QED) is 0.486. The van der Waals surface area contributed by atoms with E-state index in [4.69, 9.17) is 5.11 Å². The van der Waals surface area contributed by atoms with E-state index < -0.39 is 6.10 Å². The highest BCUT2D eigenvalue weighted by molar-refractivity contribution is 5.06. The van der Waals surface area contributed by atoms with Crippen LogP contribution in [0.5, 0.6) is 0 Å². The molecule has 0 spiro atoms. The molecule has 0 aromatic heterocycles. The summed E-state index contributed by atoms with van der Waals surface area (Å²) in [6.45, 7) is 9.43. The van der Waals surface area contributed by atoms with Crippen molar-refractivity contribution in [3.63, 3.8) is 0 Å². The minimum Gasteiger partial charge on any atom is -0.389 e. The van der Waals surface area contributed by atoms with E-state index >= 15 is 0 Å². The molecule has 0 aliphatic heterocycles. The lowest BCUT2D eigenvalue weighted by atomic mass is 10.1. The predicted molar refractivity (Wildman–Crippen MR) is 48.4 cm³/mol. The zero-order valence-corrected chi connectivity index (χ0v) is 7.52. The Labute approximate surface area is 68.7 Å². The van der Waals surface area contributed by atoms with Crippen molar-refractivity contribution < 1.29 is 5.11 Å². The van der Waals surface area contributed by atoms with Crippen molar-refractivity contribution in [3.05, 3.63) is 29.5 Å². The predicted octanol–water partition coefficient (Wildman–Crippen LogP) is 2.43. The Morgan fingerprint density at radius 1 is 1.55 bits per heavy atom. The fraction of sp³-hybridized carbons (Fsp3) is 0.500. The lowest BCUT2D eigenvalue weighted by molar-refractivity contribution is 0.224. The van der Waals surface area contributed by atoms with Crippen molar-refractivity contribution >= 4 is 0 Å². The molecule has 0 aliphatic carbocycles. The fourth-order valence-corrected chi connectivity index (χ4v) is 0.875. The largest absolute Gasteiger partial charge is 0.389 e. The Morgan fingerprint density at radius 2 is 2.09 bits per heavy atom. The van der Waals surface area contributed by atoms with Crippen LogP contribution in [-0.4, -0.2) is 11.2 Å². The van der Waals surface area contributed by atoms with Crippen LogP contribution in [-0.2, 0) is 0 Å². The van der Waals surface area contributed by atoms with Gasteiger partial charge in [0.25, 0.3) is 0 Å². The van der Waals surface area contributed by atoms with Gasteiger partial charge in [-0.25, -0.2) is 0 Å². The molecule has 1 N–H and O–H groups in total. The minimum atomic E-state index is -0.429. The summed E-state index contributed by atoms with van der Waals surface area (Å²) in [7, 11) is 0. The third kappa shape index (κ3) is 5.65. The van der Waals surface area contributed by atoms with Crippen LogP contribution in [0.2, 0.25) is 0 Å². The monoisotopic (exact) mass is 152 g/mol. The molecule has 62 valence electrons. The second-order valence-electron chi connectivity index (χ2n) is 2.91. The molecule has 0 fully saturated rings. The maximum atomic E-state index is 9.15. The van der Waals surface area contributed by atoms with Gasteiger partial charge in [-0.15, -0.1) is 12.3 Å². The number of hydrogen-bond acceptors (Lipinski definition) is 1. The first-order valence-corrected chi connectivity index (χ1v) is 3.76. The lowest BCUT2D eigenvalue weighted by Gasteiger charge is -2.01. The highest BCUT2D eigenvalue weighted by Gasteiger charge is 1.97. The molecular weight excluding hydrogens is 136 g/mol. The average molecular weight is 152 g/mol. The van der Waals surface area contributed by atoms with Gasteiger partial charge in [0.05, 0.1) is 6.10 Å². The molecule has 11 heavy (non-hydrogen) atoms. The normalized spacial score (nSPS) is 11.6. The third-order valence-electron chi connectivity index (χ3n) is 1.25. The van der Waals surface area contributed by atoms with Crippen LogP contribution in [0.15, 0.2) is 29.5 Å². The van der Waals surface area contributed by atoms with Gasteiger partial charge in [-0.2, -0.15) is 0 Å². The van der Waals surface area contributed by atoms with E-state index in [1.807, 2.05) is 20.8 Å². The molecule has 0 saturated carbocycles. The first-order valence-electron chi connectivity index (χ1n) is 3.76. The Kier molecular flexibility index (Phi) is 4.60. The number of aliphatic hydroxyl groups excluding tert-OH is 1. The second kappa shape index (κ2) is 4.95. The van der Waals surface area contributed by atoms with Crippen molar-refractivity contribution in [2.24, 2.45) is 0 Å². The van der Waals surface area contributed by atoms with Gasteiger partial charge < -0.3 is 5.11 Å². The van der Waals surface area contributed by atoms with Crippen molar-refractivity contribution in [2.75, 3.05) is 0 Å². The average Bonchev–Trinajstić information content (AvgIpc) is 1.85. The van der Waals surface area contributed by atoms with E-state index in [-0.39, 0.29) is 0 Å². The van der Waals surface area contributed by atoms with E-state index in [9.17, 15) is 0 Å². The Balaban J connectivity index is 4.18. The topological polar surface area (TPSA) is 20.2 Å². The van der Waals surface area contributed by atoms with Crippen LogP contribution in [0.4, 0.5) is 0 Å². The van der Waals surface area contributed by atoms with Crippen molar-refractivity contribution in [1.29, 1.82) is 0 Å². The highest BCUT2D eigenvalue weighted by Crippen LogP contribution is 2.04. The van der Waals surface area contributed by atoms with Gasteiger partial charge >= 0.3 is 0 Å². The van der Waals surface area contributed by atoms with Crippen molar-refractivity contribution in [2.45, 2.75) is 33.3 Å². The molecule has 0 radical (unpaired) electrons. The SMILES string of the molecule is C=CC(O)CC(C)=C=C(C)C. The maximum Gasteiger partial charge on any atom is 0.0761 e. The number of aliphatic hydroxyl groups is 1. The van der Waals surface area contributed by atoms with E-state index in [0.717, 1.165) is 11.1 Å². The summed E-state index contributed by atoms with van der Waals surface area (Å²) >= 11 is 0. The molecule has 1 nitrogen and oxygen atoms in total. The van der Waals surface area contributed by atoms with Gasteiger partial charge in [-0.1, -0.05) is 6.08 Å². The van der Waals surface area contributed by atoms with Crippen LogP contribution in [0.1, 0.15) is 27.2 Å². The van der Waals surface area contributed by atoms with E-state index in [1.165, 1.54) is 6.08 Å². The number of hydrogen-bond donors (Lipinski definition) is 1. The molecule has 1 atom stereocenters. The number of rotatable bonds is 3. The highest BCUT2D eigenvalue weighted by atomic mass is 16.3. The zero-order valence-electron chi connectivity index (χ0n) is 7.52. The maximum absolute atomic E-state index is 9.15. The minimum absolute atomic E-state index is 0.429. The van der Waals surface area contributed by atoms with Crippen LogP contribution in [0.25, 0.3) is 0 Å². The van der Waals surface area contributed by atoms with Crippen LogP contribution >= 0.6 is 0 Å². The Hall–Kier alpha value is -0.780. The molecule has 0 rings (SSSR count). The smallest absolute Gasteiger partial charge is 0.0761 e. The van der Waals surface area contributed by atoms with Crippen molar-refractivity contribution in [1.82, 2.24) is 0 Å². The summed E-state index contributed by atoms with van der Waals surface area (Å²) < 4.78 is 0. The standard InChI is InChI=1S/C10H16O/c1-5-10(11)7-9(4)6-8(2)3/h5,10-11H,1,7H2,2-4H3. The summed E-state index contributed by atoms with van der Waals surface area (Å²) in [6, 6.07) is 0. The van der Waals surface area contributed by atoms with Crippen LogP contribution in [0.3, 0.4) is 0 Å². The van der Waals surface area contributed by atoms with Gasteiger partial charge in [0, 0.05) is 6.42 Å². The lowest BCUT2D eigenvalue weighted by Crippen LogP contribution is -2.00. The van der Waals surface area contributed by atoms with E-state index in [1.54, 1.807) is 0 Å². The van der Waals surface area contributed by atoms with Gasteiger partial charge in [-0.05, 0) is 31.9 Å². The summed E-state index contributed by atoms with van der Waals surface area (Å²) in [6.07, 6.45) is 1.74. The molecule has 0 amide bonds. The molecule has 1 heteroatoms. The van der Waals surface area contributed by atoms with Gasteiger partial charge in [-0.3, -0.25) is 0 Å². The van der Waals surface area contributed by atoms with Crippen molar-refractivity contribution in [3.8, 4) is 0 Å². The summed E-state index contributed by atoms with van der Waals surface area (Å²) in [5, 5.41) is 9.15. The molecule has 0 aliphatic rings. The van der Waals surface area contributed by atoms with Crippen LogP contribution in [0, 0.1) is 0 Å².